The zero-order valence-corrected chi connectivity index (χ0v) is 19.7. The molecular weight excluding hydrogens is 390 g/mol. The topological polar surface area (TPSA) is 56.4 Å². The molecule has 0 bridgehead atoms. The van der Waals surface area contributed by atoms with Crippen molar-refractivity contribution in [3.05, 3.63) is 52.6 Å². The van der Waals surface area contributed by atoms with Gasteiger partial charge in [0.1, 0.15) is 32.7 Å². The molecule has 0 radical (unpaired) electrons. The maximum atomic E-state index is 12.9. The molecule has 1 heterocycles. The minimum atomic E-state index is -0.0669. The van der Waals surface area contributed by atoms with Crippen molar-refractivity contribution in [2.45, 2.75) is 40.3 Å². The summed E-state index contributed by atoms with van der Waals surface area (Å²) in [6.07, 6.45) is 0. The Labute approximate surface area is 186 Å². The maximum absolute atomic E-state index is 12.9. The van der Waals surface area contributed by atoms with E-state index in [0.717, 1.165) is 61.0 Å². The predicted octanol–water partition coefficient (Wildman–Crippen LogP) is 0.940. The highest BCUT2D eigenvalue weighted by molar-refractivity contribution is 5.95. The van der Waals surface area contributed by atoms with E-state index in [-0.39, 0.29) is 11.9 Å². The Morgan fingerprint density at radius 2 is 1.58 bits per heavy atom. The first kappa shape index (κ1) is 23.1. The van der Waals surface area contributed by atoms with Gasteiger partial charge in [0.25, 0.3) is 5.91 Å². The Hall–Kier alpha value is -2.57. The smallest absolute Gasteiger partial charge is 0.282 e. The molecule has 1 aliphatic heterocycles. The van der Waals surface area contributed by atoms with E-state index in [2.05, 4.69) is 50.4 Å². The number of ether oxygens (including phenoxy) is 2. The number of quaternary nitrogens is 2. The molecule has 2 aromatic carbocycles. The minimum Gasteiger partial charge on any atom is -0.493 e. The predicted molar refractivity (Wildman–Crippen MR) is 123 cm³/mol. The number of carbonyl (C=O) groups excluding carboxylic acids is 1. The number of carbonyl (C=O) groups is 1. The van der Waals surface area contributed by atoms with E-state index < -0.39 is 0 Å². The normalized spacial score (nSPS) is 19.5. The van der Waals surface area contributed by atoms with Crippen LogP contribution in [0.1, 0.15) is 29.2 Å². The van der Waals surface area contributed by atoms with Gasteiger partial charge < -0.3 is 24.6 Å². The number of methoxy groups -OCH3 is 2. The molecule has 6 nitrogen and oxygen atoms in total. The molecule has 1 saturated heterocycles. The Balaban J connectivity index is 1.55. The lowest BCUT2D eigenvalue weighted by Gasteiger charge is -2.32. The van der Waals surface area contributed by atoms with Crippen molar-refractivity contribution in [3.8, 4) is 11.5 Å². The fourth-order valence-electron chi connectivity index (χ4n) is 4.61. The largest absolute Gasteiger partial charge is 0.493 e. The maximum Gasteiger partial charge on any atom is 0.282 e. The van der Waals surface area contributed by atoms with Crippen molar-refractivity contribution in [2.24, 2.45) is 0 Å². The van der Waals surface area contributed by atoms with Gasteiger partial charge in [0.15, 0.2) is 17.5 Å². The lowest BCUT2D eigenvalue weighted by Crippen LogP contribution is -3.29. The molecule has 3 rings (SSSR count). The number of hydrogen-bond acceptors (Lipinski definition) is 3. The van der Waals surface area contributed by atoms with E-state index >= 15 is 0 Å². The second-order valence-electron chi connectivity index (χ2n) is 8.76. The van der Waals surface area contributed by atoms with E-state index in [4.69, 9.17) is 9.47 Å². The number of anilines is 1. The first-order valence-corrected chi connectivity index (χ1v) is 11.1. The molecular formula is C25H37N3O3+2. The number of nitrogens with one attached hydrogen (secondary N) is 3. The third-order valence-electron chi connectivity index (χ3n) is 6.43. The zero-order valence-electron chi connectivity index (χ0n) is 19.7. The average molecular weight is 428 g/mol. The summed E-state index contributed by atoms with van der Waals surface area (Å²) in [6.45, 7) is 13.3. The van der Waals surface area contributed by atoms with E-state index in [0.29, 0.717) is 0 Å². The SMILES string of the molecule is COc1ccc(C[NH+]2CC[NH+]([C@H](C)C(=O)Nc3c(C)cc(C)cc3C)CC2)cc1OC. The molecule has 168 valence electrons. The van der Waals surface area contributed by atoms with Crippen molar-refractivity contribution >= 4 is 11.6 Å². The summed E-state index contributed by atoms with van der Waals surface area (Å²) < 4.78 is 10.8. The van der Waals surface area contributed by atoms with Crippen LogP contribution in [-0.2, 0) is 11.3 Å². The summed E-state index contributed by atoms with van der Waals surface area (Å²) in [4.78, 5) is 15.8. The highest BCUT2D eigenvalue weighted by atomic mass is 16.5. The summed E-state index contributed by atoms with van der Waals surface area (Å²) in [5.41, 5.74) is 5.67. The third kappa shape index (κ3) is 5.57. The van der Waals surface area contributed by atoms with Crippen LogP contribution < -0.4 is 24.6 Å². The van der Waals surface area contributed by atoms with Crippen LogP contribution in [0.15, 0.2) is 30.3 Å². The van der Waals surface area contributed by atoms with Gasteiger partial charge in [-0.3, -0.25) is 4.79 Å². The Bertz CT molecular complexity index is 897. The van der Waals surface area contributed by atoms with Crippen LogP contribution >= 0.6 is 0 Å². The van der Waals surface area contributed by atoms with Gasteiger partial charge in [-0.25, -0.2) is 0 Å². The third-order valence-corrected chi connectivity index (χ3v) is 6.43. The summed E-state index contributed by atoms with van der Waals surface area (Å²) in [5.74, 6) is 1.64. The molecule has 0 saturated carbocycles. The number of aryl methyl sites for hydroxylation is 3. The van der Waals surface area contributed by atoms with Crippen LogP contribution in [0.3, 0.4) is 0 Å². The van der Waals surface area contributed by atoms with Crippen molar-refractivity contribution in [1.29, 1.82) is 0 Å². The fourth-order valence-corrected chi connectivity index (χ4v) is 4.61. The van der Waals surface area contributed by atoms with Crippen LogP contribution in [0.5, 0.6) is 11.5 Å². The van der Waals surface area contributed by atoms with Gasteiger partial charge in [-0.15, -0.1) is 0 Å². The molecule has 1 fully saturated rings. The highest BCUT2D eigenvalue weighted by Gasteiger charge is 2.31. The van der Waals surface area contributed by atoms with Gasteiger partial charge in [-0.1, -0.05) is 17.7 Å². The van der Waals surface area contributed by atoms with Crippen molar-refractivity contribution in [1.82, 2.24) is 0 Å². The second kappa shape index (κ2) is 10.2. The first-order valence-electron chi connectivity index (χ1n) is 11.1. The second-order valence-corrected chi connectivity index (χ2v) is 8.76. The van der Waals surface area contributed by atoms with Crippen LogP contribution in [0.2, 0.25) is 0 Å². The van der Waals surface area contributed by atoms with E-state index in [1.54, 1.807) is 14.2 Å². The van der Waals surface area contributed by atoms with E-state index in [1.807, 2.05) is 13.0 Å². The van der Waals surface area contributed by atoms with Crippen molar-refractivity contribution in [2.75, 3.05) is 45.7 Å². The Morgan fingerprint density at radius 1 is 0.968 bits per heavy atom. The Kier molecular flexibility index (Phi) is 7.57. The molecule has 1 amide bonds. The molecule has 1 atom stereocenters. The Morgan fingerprint density at radius 3 is 2.16 bits per heavy atom. The van der Waals surface area contributed by atoms with Gasteiger partial charge in [0, 0.05) is 11.3 Å². The van der Waals surface area contributed by atoms with Crippen LogP contribution in [-0.4, -0.2) is 52.3 Å². The summed E-state index contributed by atoms with van der Waals surface area (Å²) in [7, 11) is 3.33. The number of piperazine rings is 1. The zero-order chi connectivity index (χ0) is 22.5. The summed E-state index contributed by atoms with van der Waals surface area (Å²) in [6, 6.07) is 10.3. The minimum absolute atomic E-state index is 0.0669. The van der Waals surface area contributed by atoms with Gasteiger partial charge in [-0.2, -0.15) is 0 Å². The number of benzene rings is 2. The number of rotatable bonds is 7. The van der Waals surface area contributed by atoms with Gasteiger partial charge in [-0.05, 0) is 57.0 Å². The number of amides is 1. The molecule has 0 aromatic heterocycles. The average Bonchev–Trinajstić information content (AvgIpc) is 2.76. The monoisotopic (exact) mass is 427 g/mol. The fraction of sp³-hybridized carbons (Fsp3) is 0.480. The first-order chi connectivity index (χ1) is 14.8. The standard InChI is InChI=1S/C25H35N3O3/c1-17-13-18(2)24(19(3)14-17)26-25(29)20(4)28-11-9-27(10-12-28)16-21-7-8-22(30-5)23(15-21)31-6/h7-8,13-15,20H,9-12,16H2,1-6H3,(H,26,29)/p+2/t20-/m1/s1. The summed E-state index contributed by atoms with van der Waals surface area (Å²) >= 11 is 0. The quantitative estimate of drug-likeness (QED) is 0.617. The highest BCUT2D eigenvalue weighted by Crippen LogP contribution is 2.27. The molecule has 3 N–H and O–H groups in total. The van der Waals surface area contributed by atoms with E-state index in [1.165, 1.54) is 20.9 Å². The molecule has 1 aliphatic rings. The van der Waals surface area contributed by atoms with Crippen LogP contribution in [0, 0.1) is 20.8 Å². The van der Waals surface area contributed by atoms with Gasteiger partial charge >= 0.3 is 0 Å². The van der Waals surface area contributed by atoms with Gasteiger partial charge in [0.2, 0.25) is 0 Å². The lowest BCUT2D eigenvalue weighted by molar-refractivity contribution is -1.02. The molecule has 31 heavy (non-hydrogen) atoms. The molecule has 2 aromatic rings. The van der Waals surface area contributed by atoms with Crippen LogP contribution in [0.4, 0.5) is 5.69 Å². The van der Waals surface area contributed by atoms with Crippen molar-refractivity contribution < 1.29 is 24.1 Å². The number of hydrogen-bond donors (Lipinski definition) is 3. The molecule has 0 aliphatic carbocycles. The van der Waals surface area contributed by atoms with Crippen molar-refractivity contribution in [3.63, 3.8) is 0 Å². The molecule has 0 unspecified atom stereocenters. The van der Waals surface area contributed by atoms with Gasteiger partial charge in [0.05, 0.1) is 14.2 Å². The lowest BCUT2D eigenvalue weighted by atomic mass is 10.0. The van der Waals surface area contributed by atoms with Crippen LogP contribution in [0.25, 0.3) is 0 Å². The molecule has 6 heteroatoms. The van der Waals surface area contributed by atoms with E-state index in [9.17, 15) is 4.79 Å². The summed E-state index contributed by atoms with van der Waals surface area (Å²) in [5, 5.41) is 3.18. The molecule has 0 spiro atoms.